The van der Waals surface area contributed by atoms with Gasteiger partial charge >= 0.3 is 0 Å². The molecule has 0 unspecified atom stereocenters. The minimum atomic E-state index is 0.662. The minimum Gasteiger partial charge on any atom is -0.331 e. The Morgan fingerprint density at radius 1 is 0.667 bits per heavy atom. The predicted molar refractivity (Wildman–Crippen MR) is 75.3 cm³/mol. The van der Waals surface area contributed by atoms with Gasteiger partial charge < -0.3 is 18.6 Å². The maximum absolute atomic E-state index is 4.85. The molecule has 0 saturated heterocycles. The summed E-state index contributed by atoms with van der Waals surface area (Å²) in [4.78, 5) is 8.85. The highest BCUT2D eigenvalue weighted by atomic mass is 16.6. The van der Waals surface area contributed by atoms with E-state index < -0.39 is 0 Å². The molecule has 18 heavy (non-hydrogen) atoms. The van der Waals surface area contributed by atoms with Gasteiger partial charge in [0.25, 0.3) is 0 Å². The topological polar surface area (TPSA) is 70.5 Å². The second-order valence-corrected chi connectivity index (χ2v) is 6.48. The number of hydrogen-bond acceptors (Lipinski definition) is 4. The molecular weight excluding hydrogens is 232 g/mol. The molecule has 0 atom stereocenters. The molecule has 0 spiro atoms. The van der Waals surface area contributed by atoms with E-state index in [4.69, 9.17) is 11.8 Å². The predicted octanol–water partition coefficient (Wildman–Crippen LogP) is -0.0540. The van der Waals surface area contributed by atoms with Crippen LogP contribution in [0, 0.1) is 0 Å². The van der Waals surface area contributed by atoms with Crippen molar-refractivity contribution in [1.29, 1.82) is 0 Å². The molecule has 0 amide bonds. The maximum atomic E-state index is 4.85. The quantitative estimate of drug-likeness (QED) is 0.367. The molecule has 0 aromatic heterocycles. The monoisotopic (exact) mass is 266 g/mol. The fourth-order valence-corrected chi connectivity index (χ4v) is 1.24. The summed E-state index contributed by atoms with van der Waals surface area (Å²) in [6.45, 7) is 3.54. The van der Waals surface area contributed by atoms with E-state index in [1.54, 1.807) is 0 Å². The van der Waals surface area contributed by atoms with Crippen molar-refractivity contribution in [1.82, 2.24) is 0 Å². The third kappa shape index (κ3) is 24.8. The van der Waals surface area contributed by atoms with Crippen molar-refractivity contribution in [3.63, 3.8) is 0 Å². The van der Waals surface area contributed by atoms with E-state index in [2.05, 4.69) is 52.0 Å². The molecule has 0 aliphatic carbocycles. The van der Waals surface area contributed by atoms with Gasteiger partial charge in [-0.15, -0.1) is 0 Å². The van der Waals surface area contributed by atoms with Crippen LogP contribution in [0.4, 0.5) is 0 Å². The molecule has 0 radical (unpaired) electrons. The van der Waals surface area contributed by atoms with Crippen LogP contribution in [0.3, 0.4) is 0 Å². The summed E-state index contributed by atoms with van der Waals surface area (Å²) in [5.41, 5.74) is 0. The number of rotatable bonds is 8. The Morgan fingerprint density at radius 2 is 0.944 bits per heavy atom. The first-order valence-electron chi connectivity index (χ1n) is 6.36. The van der Waals surface area contributed by atoms with Crippen LogP contribution in [-0.4, -0.2) is 77.6 Å². The molecule has 0 aromatic carbocycles. The van der Waals surface area contributed by atoms with E-state index in [9.17, 15) is 0 Å². The van der Waals surface area contributed by atoms with Crippen LogP contribution in [0.25, 0.3) is 0 Å². The summed E-state index contributed by atoms with van der Waals surface area (Å²) in [6, 6.07) is 0. The lowest BCUT2D eigenvalue weighted by Crippen LogP contribution is -2.35. The molecule has 6 nitrogen and oxygen atoms in total. The van der Waals surface area contributed by atoms with Gasteiger partial charge in [0.15, 0.2) is 0 Å². The zero-order valence-corrected chi connectivity index (χ0v) is 13.1. The third-order valence-electron chi connectivity index (χ3n) is 2.18. The fraction of sp³-hybridized carbons (Fsp3) is 1.00. The van der Waals surface area contributed by atoms with Gasteiger partial charge in [0.05, 0.1) is 68.6 Å². The number of quaternary nitrogens is 2. The van der Waals surface area contributed by atoms with Gasteiger partial charge in [-0.25, -0.2) is 11.8 Å². The van der Waals surface area contributed by atoms with Crippen LogP contribution in [0.2, 0.25) is 0 Å². The summed E-state index contributed by atoms with van der Waals surface area (Å²) < 4.78 is 1.95. The van der Waals surface area contributed by atoms with Crippen LogP contribution >= 0.6 is 0 Å². The van der Waals surface area contributed by atoms with Crippen molar-refractivity contribution in [3.05, 3.63) is 0 Å². The molecule has 0 fully saturated rings. The van der Waals surface area contributed by atoms with E-state index >= 15 is 0 Å². The standard InChI is InChI=1S/2C6H17N2O/c2*1-8(2,3)5-4-6-9-7/h2*4-7H2,1-3H3/q2*+1. The zero-order chi connectivity index (χ0) is 14.7. The first kappa shape index (κ1) is 20.1. The van der Waals surface area contributed by atoms with Crippen molar-refractivity contribution in [2.24, 2.45) is 11.8 Å². The Kier molecular flexibility index (Phi) is 11.9. The largest absolute Gasteiger partial charge is 0.331 e. The lowest BCUT2D eigenvalue weighted by atomic mass is 10.4. The van der Waals surface area contributed by atoms with E-state index in [1.165, 1.54) is 0 Å². The number of nitrogens with two attached hydrogens (primary N) is 2. The van der Waals surface area contributed by atoms with Crippen molar-refractivity contribution >= 4 is 0 Å². The molecule has 112 valence electrons. The Morgan fingerprint density at radius 3 is 1.11 bits per heavy atom. The minimum absolute atomic E-state index is 0.662. The van der Waals surface area contributed by atoms with E-state index in [-0.39, 0.29) is 0 Å². The maximum Gasteiger partial charge on any atom is 0.0803 e. The Balaban J connectivity index is 0. The van der Waals surface area contributed by atoms with Crippen molar-refractivity contribution < 1.29 is 18.6 Å². The van der Waals surface area contributed by atoms with Crippen LogP contribution in [0.1, 0.15) is 12.8 Å². The normalized spacial score (nSPS) is 12.0. The lowest BCUT2D eigenvalue weighted by molar-refractivity contribution is -0.870. The molecule has 0 aliphatic rings. The first-order chi connectivity index (χ1) is 8.12. The summed E-state index contributed by atoms with van der Waals surface area (Å²) in [5.74, 6) is 9.70. The molecule has 0 saturated carbocycles. The van der Waals surface area contributed by atoms with Crippen LogP contribution in [0.15, 0.2) is 0 Å². The average Bonchev–Trinajstić information content (AvgIpc) is 2.16. The van der Waals surface area contributed by atoms with E-state index in [1.807, 2.05) is 0 Å². The summed E-state index contributed by atoms with van der Waals surface area (Å²) in [7, 11) is 12.9. The Labute approximate surface area is 113 Å². The third-order valence-corrected chi connectivity index (χ3v) is 2.18. The molecule has 0 aliphatic heterocycles. The highest BCUT2D eigenvalue weighted by Crippen LogP contribution is 1.92. The fourth-order valence-electron chi connectivity index (χ4n) is 1.24. The van der Waals surface area contributed by atoms with Gasteiger partial charge in [0, 0.05) is 12.8 Å². The zero-order valence-electron chi connectivity index (χ0n) is 13.1. The lowest BCUT2D eigenvalue weighted by Gasteiger charge is -2.23. The number of nitrogens with zero attached hydrogens (tertiary/aromatic N) is 2. The first-order valence-corrected chi connectivity index (χ1v) is 6.36. The highest BCUT2D eigenvalue weighted by Gasteiger charge is 2.05. The molecule has 0 heterocycles. The second kappa shape index (κ2) is 10.7. The van der Waals surface area contributed by atoms with Gasteiger partial charge in [-0.3, -0.25) is 0 Å². The molecule has 0 aromatic rings. The van der Waals surface area contributed by atoms with Gasteiger partial charge in [-0.2, -0.15) is 0 Å². The molecule has 0 bridgehead atoms. The smallest absolute Gasteiger partial charge is 0.0803 e. The molecule has 0 rings (SSSR count). The van der Waals surface area contributed by atoms with E-state index in [0.717, 1.165) is 34.9 Å². The highest BCUT2D eigenvalue weighted by molar-refractivity contribution is 4.31. The number of hydrogen-bond donors (Lipinski definition) is 2. The Hall–Kier alpha value is -0.240. The molecular formula is C12H34N4O2+2. The second-order valence-electron chi connectivity index (χ2n) is 6.48. The average molecular weight is 266 g/mol. The van der Waals surface area contributed by atoms with Crippen molar-refractivity contribution in [2.45, 2.75) is 12.8 Å². The van der Waals surface area contributed by atoms with Gasteiger partial charge in [0.1, 0.15) is 0 Å². The van der Waals surface area contributed by atoms with Crippen LogP contribution < -0.4 is 11.8 Å². The molecule has 6 heteroatoms. The molecule has 4 N–H and O–H groups in total. The SMILES string of the molecule is C[N+](C)(C)CCCON.C[N+](C)(C)CCCON. The van der Waals surface area contributed by atoms with Crippen molar-refractivity contribution in [2.75, 3.05) is 68.6 Å². The summed E-state index contributed by atoms with van der Waals surface area (Å²) >= 11 is 0. The summed E-state index contributed by atoms with van der Waals surface area (Å²) in [6.07, 6.45) is 2.06. The van der Waals surface area contributed by atoms with Crippen LogP contribution in [-0.2, 0) is 9.68 Å². The van der Waals surface area contributed by atoms with Gasteiger partial charge in [-0.1, -0.05) is 0 Å². The van der Waals surface area contributed by atoms with E-state index in [0.29, 0.717) is 13.2 Å². The van der Waals surface area contributed by atoms with Gasteiger partial charge in [-0.05, 0) is 0 Å². The Bertz CT molecular complexity index is 156. The van der Waals surface area contributed by atoms with Crippen LogP contribution in [0.5, 0.6) is 0 Å². The van der Waals surface area contributed by atoms with Crippen molar-refractivity contribution in [3.8, 4) is 0 Å². The van der Waals surface area contributed by atoms with Gasteiger partial charge in [0.2, 0.25) is 0 Å². The summed E-state index contributed by atoms with van der Waals surface area (Å²) in [5, 5.41) is 0.